The minimum absolute atomic E-state index is 0.0624. The molecule has 4 aromatic rings. The van der Waals surface area contributed by atoms with E-state index in [4.69, 9.17) is 23.9 Å². The number of ether oxygens (including phenoxy) is 4. The van der Waals surface area contributed by atoms with Gasteiger partial charge in [-0.15, -0.1) is 0 Å². The van der Waals surface area contributed by atoms with E-state index in [-0.39, 0.29) is 23.0 Å². The Hall–Kier alpha value is -4.28. The van der Waals surface area contributed by atoms with Crippen LogP contribution in [0, 0.1) is 18.6 Å². The molecule has 10 heteroatoms. The number of halogens is 2. The number of carbonyl (C=O) groups excluding carboxylic acids is 1. The summed E-state index contributed by atoms with van der Waals surface area (Å²) in [4.78, 5) is 21.0. The molecule has 7 rings (SSSR count). The predicted molar refractivity (Wildman–Crippen MR) is 196 cm³/mol. The van der Waals surface area contributed by atoms with Crippen molar-refractivity contribution in [3.8, 4) is 28.1 Å². The molecule has 51 heavy (non-hydrogen) atoms. The Bertz CT molecular complexity index is 1940. The first-order valence-corrected chi connectivity index (χ1v) is 17.8. The van der Waals surface area contributed by atoms with E-state index < -0.39 is 29.3 Å². The number of aromatic nitrogens is 2. The number of piperidine rings is 1. The van der Waals surface area contributed by atoms with Crippen LogP contribution in [0.25, 0.3) is 34.1 Å². The van der Waals surface area contributed by atoms with Crippen LogP contribution in [0.1, 0.15) is 89.5 Å². The Kier molecular flexibility index (Phi) is 10.3. The Balaban J connectivity index is 1.61. The van der Waals surface area contributed by atoms with Gasteiger partial charge in [0.25, 0.3) is 0 Å². The van der Waals surface area contributed by atoms with E-state index in [0.717, 1.165) is 55.1 Å². The molecule has 0 N–H and O–H groups in total. The van der Waals surface area contributed by atoms with E-state index in [9.17, 15) is 9.18 Å². The van der Waals surface area contributed by atoms with Gasteiger partial charge in [-0.3, -0.25) is 4.40 Å². The number of benzene rings is 2. The second-order valence-electron chi connectivity index (χ2n) is 15.0. The fourth-order valence-electron chi connectivity index (χ4n) is 7.25. The number of anilines is 1. The van der Waals surface area contributed by atoms with Crippen molar-refractivity contribution < 1.29 is 32.5 Å². The molecule has 3 aliphatic rings. The zero-order valence-electron chi connectivity index (χ0n) is 30.8. The summed E-state index contributed by atoms with van der Waals surface area (Å²) < 4.78 is 57.0. The lowest BCUT2D eigenvalue weighted by atomic mass is 9.91. The Morgan fingerprint density at radius 2 is 1.86 bits per heavy atom. The number of hydrogen-bond donors (Lipinski definition) is 0. The number of methoxy groups -OCH3 is 1. The molecule has 0 radical (unpaired) electrons. The third-order valence-electron chi connectivity index (χ3n) is 9.98. The Morgan fingerprint density at radius 3 is 2.55 bits per heavy atom. The summed E-state index contributed by atoms with van der Waals surface area (Å²) in [6.45, 7) is 17.9. The topological polar surface area (TPSA) is 74.5 Å². The molecule has 1 saturated heterocycles. The maximum absolute atomic E-state index is 15.6. The Labute approximate surface area is 299 Å². The van der Waals surface area contributed by atoms with Crippen molar-refractivity contribution in [1.82, 2.24) is 9.38 Å². The maximum Gasteiger partial charge on any atom is 0.339 e. The third-order valence-corrected chi connectivity index (χ3v) is 9.98. The first-order valence-electron chi connectivity index (χ1n) is 17.8. The first-order chi connectivity index (χ1) is 24.2. The van der Waals surface area contributed by atoms with Crippen LogP contribution in [0.5, 0.6) is 5.75 Å². The van der Waals surface area contributed by atoms with Crippen molar-refractivity contribution in [3.63, 3.8) is 0 Å². The molecule has 5 heterocycles. The van der Waals surface area contributed by atoms with Gasteiger partial charge in [0, 0.05) is 42.6 Å². The summed E-state index contributed by atoms with van der Waals surface area (Å²) in [6, 6.07) is 9.85. The molecule has 3 aliphatic heterocycles. The smallest absolute Gasteiger partial charge is 0.339 e. The van der Waals surface area contributed by atoms with E-state index in [2.05, 4.69) is 18.4 Å². The number of pyridine rings is 1. The van der Waals surface area contributed by atoms with Crippen LogP contribution < -0.4 is 9.64 Å². The molecule has 0 aliphatic carbocycles. The number of esters is 1. The highest BCUT2D eigenvalue weighted by atomic mass is 19.2. The highest BCUT2D eigenvalue weighted by molar-refractivity contribution is 5.85. The molecule has 0 spiro atoms. The van der Waals surface area contributed by atoms with Crippen LogP contribution >= 0.6 is 0 Å². The summed E-state index contributed by atoms with van der Waals surface area (Å²) in [5.41, 5.74) is 3.72. The van der Waals surface area contributed by atoms with E-state index >= 15 is 4.39 Å². The minimum Gasteiger partial charge on any atom is -0.490 e. The van der Waals surface area contributed by atoms with Gasteiger partial charge in [-0.05, 0) is 103 Å². The second-order valence-corrected chi connectivity index (χ2v) is 15.0. The fourth-order valence-corrected chi connectivity index (χ4v) is 7.25. The van der Waals surface area contributed by atoms with Crippen molar-refractivity contribution in [2.45, 2.75) is 97.1 Å². The number of fused-ring (bicyclic) bond motifs is 8. The average molecular weight is 702 g/mol. The summed E-state index contributed by atoms with van der Waals surface area (Å²) in [7, 11) is 1.37. The van der Waals surface area contributed by atoms with Crippen molar-refractivity contribution in [2.24, 2.45) is 0 Å². The van der Waals surface area contributed by atoms with Crippen molar-refractivity contribution in [3.05, 3.63) is 77.5 Å². The highest BCUT2D eigenvalue weighted by Gasteiger charge is 2.38. The van der Waals surface area contributed by atoms with Gasteiger partial charge in [0.05, 0.1) is 35.7 Å². The number of rotatable bonds is 4. The molecule has 272 valence electrons. The van der Waals surface area contributed by atoms with E-state index in [1.54, 1.807) is 24.3 Å². The van der Waals surface area contributed by atoms with Gasteiger partial charge in [0.1, 0.15) is 17.2 Å². The normalized spacial score (nSPS) is 20.5. The van der Waals surface area contributed by atoms with Gasteiger partial charge in [-0.1, -0.05) is 30.9 Å². The minimum atomic E-state index is -1.03. The molecule has 0 saturated carbocycles. The third kappa shape index (κ3) is 7.39. The lowest BCUT2D eigenvalue weighted by molar-refractivity contribution is -0.164. The van der Waals surface area contributed by atoms with Gasteiger partial charge in [-0.25, -0.2) is 18.6 Å². The van der Waals surface area contributed by atoms with E-state index in [1.807, 2.05) is 51.3 Å². The molecule has 6 bridgehead atoms. The van der Waals surface area contributed by atoms with Crippen molar-refractivity contribution in [2.75, 3.05) is 31.7 Å². The van der Waals surface area contributed by atoms with Gasteiger partial charge in [0.2, 0.25) is 0 Å². The van der Waals surface area contributed by atoms with Crippen LogP contribution in [-0.4, -0.2) is 59.5 Å². The van der Waals surface area contributed by atoms with Crippen LogP contribution in [0.2, 0.25) is 0 Å². The number of hydrogen-bond acceptors (Lipinski definition) is 7. The van der Waals surface area contributed by atoms with Crippen LogP contribution in [0.4, 0.5) is 14.6 Å². The van der Waals surface area contributed by atoms with Gasteiger partial charge in [-0.2, -0.15) is 0 Å². The maximum atomic E-state index is 15.6. The summed E-state index contributed by atoms with van der Waals surface area (Å²) in [5.74, 6) is -1.37. The molecule has 0 amide bonds. The number of imidazole rings is 1. The van der Waals surface area contributed by atoms with Crippen LogP contribution in [0.15, 0.2) is 49.2 Å². The van der Waals surface area contributed by atoms with Crippen molar-refractivity contribution >= 4 is 23.5 Å². The number of nitrogens with zero attached hydrogens (tertiary/aromatic N) is 3. The van der Waals surface area contributed by atoms with Crippen LogP contribution in [-0.2, 0) is 19.0 Å². The standard InChI is InChI=1S/C41H49F2N3O5/c1-9-29-26(3)33(36(39(47)48-8)51-40(4,5)6)38-45-20-18-41(7,19-21-45)49-22-11-10-13-25(2)50-32-17-16-30(42)35(43)34(32)28-15-12-14-27(23-28)31-24-46(38)37(29)44-31/h9,12,14-17,23-25,36H,1,10-11,13,18-22H2,2-8H3. The predicted octanol–water partition coefficient (Wildman–Crippen LogP) is 9.25. The molecular weight excluding hydrogens is 652 g/mol. The molecule has 8 nitrogen and oxygen atoms in total. The van der Waals surface area contributed by atoms with E-state index in [1.165, 1.54) is 13.2 Å². The monoisotopic (exact) mass is 701 g/mol. The molecule has 2 aromatic heterocycles. The lowest BCUT2D eigenvalue weighted by Crippen LogP contribution is -2.45. The molecule has 2 aromatic carbocycles. The number of carbonyl (C=O) groups is 1. The SMILES string of the molecule is C=Cc1c(C)c(C(OC(C)(C)C)C(=O)OC)c2n3cc(nc13)-c1cccc(c1)-c1c(ccc(F)c1F)OC(C)CCCCOC1(C)CCN2CC1. The van der Waals surface area contributed by atoms with Gasteiger partial charge < -0.3 is 23.8 Å². The average Bonchev–Trinajstić information content (AvgIpc) is 3.53. The first kappa shape index (κ1) is 36.5. The zero-order chi connectivity index (χ0) is 36.7. The van der Waals surface area contributed by atoms with Gasteiger partial charge >= 0.3 is 5.97 Å². The molecule has 2 atom stereocenters. The van der Waals surface area contributed by atoms with Gasteiger partial charge in [0.15, 0.2) is 17.7 Å². The van der Waals surface area contributed by atoms with Crippen LogP contribution in [0.3, 0.4) is 0 Å². The summed E-state index contributed by atoms with van der Waals surface area (Å²) >= 11 is 0. The fraction of sp³-hybridized carbons (Fsp3) is 0.463. The second kappa shape index (κ2) is 14.4. The zero-order valence-corrected chi connectivity index (χ0v) is 30.8. The molecule has 2 unspecified atom stereocenters. The molecular formula is C41H49F2N3O5. The highest BCUT2D eigenvalue weighted by Crippen LogP contribution is 2.43. The largest absolute Gasteiger partial charge is 0.490 e. The Morgan fingerprint density at radius 1 is 1.14 bits per heavy atom. The quantitative estimate of drug-likeness (QED) is 0.197. The lowest BCUT2D eigenvalue weighted by Gasteiger charge is -2.42. The van der Waals surface area contributed by atoms with Crippen molar-refractivity contribution in [1.29, 1.82) is 0 Å². The molecule has 1 fully saturated rings. The summed E-state index contributed by atoms with van der Waals surface area (Å²) in [6.07, 6.45) is 6.41. The summed E-state index contributed by atoms with van der Waals surface area (Å²) in [5, 5.41) is 0. The van der Waals surface area contributed by atoms with E-state index in [0.29, 0.717) is 47.7 Å².